The summed E-state index contributed by atoms with van der Waals surface area (Å²) in [4.78, 5) is 2.38. The molecular weight excluding hydrogens is 266 g/mol. The Labute approximate surface area is 126 Å². The normalized spacial score (nSPS) is 28.6. The van der Waals surface area contributed by atoms with Gasteiger partial charge in [-0.1, -0.05) is 30.3 Å². The van der Waals surface area contributed by atoms with Crippen LogP contribution in [-0.2, 0) is 20.8 Å². The first kappa shape index (κ1) is 14.6. The van der Waals surface area contributed by atoms with E-state index >= 15 is 0 Å². The van der Waals surface area contributed by atoms with Gasteiger partial charge >= 0.3 is 0 Å². The molecule has 1 saturated heterocycles. The van der Waals surface area contributed by atoms with E-state index in [4.69, 9.17) is 14.2 Å². The van der Waals surface area contributed by atoms with E-state index in [1.807, 2.05) is 19.9 Å². The lowest BCUT2D eigenvalue weighted by Gasteiger charge is -2.30. The molecule has 1 aromatic carbocycles. The van der Waals surface area contributed by atoms with Crippen molar-refractivity contribution in [1.82, 2.24) is 4.90 Å². The number of hydrogen-bond donors (Lipinski definition) is 0. The molecule has 1 fully saturated rings. The van der Waals surface area contributed by atoms with E-state index in [2.05, 4.69) is 35.2 Å². The molecule has 1 aromatic rings. The Morgan fingerprint density at radius 2 is 2.05 bits per heavy atom. The summed E-state index contributed by atoms with van der Waals surface area (Å²) in [7, 11) is 1.73. The summed E-state index contributed by atoms with van der Waals surface area (Å²) < 4.78 is 17.3. The molecule has 0 unspecified atom stereocenters. The van der Waals surface area contributed by atoms with Gasteiger partial charge in [-0.2, -0.15) is 0 Å². The fraction of sp³-hybridized carbons (Fsp3) is 0.529. The number of hydrogen-bond acceptors (Lipinski definition) is 4. The highest BCUT2D eigenvalue weighted by Gasteiger charge is 2.43. The summed E-state index contributed by atoms with van der Waals surface area (Å²) in [5.74, 6) is 0.474. The van der Waals surface area contributed by atoms with Crippen molar-refractivity contribution in [3.05, 3.63) is 47.7 Å². The maximum absolute atomic E-state index is 6.05. The third-order valence-corrected chi connectivity index (χ3v) is 4.06. The van der Waals surface area contributed by atoms with Crippen LogP contribution in [0.1, 0.15) is 19.4 Å². The predicted octanol–water partition coefficient (Wildman–Crippen LogP) is 2.55. The van der Waals surface area contributed by atoms with Crippen LogP contribution >= 0.6 is 0 Å². The minimum absolute atomic E-state index is 0.0115. The van der Waals surface area contributed by atoms with Gasteiger partial charge in [0, 0.05) is 13.1 Å². The lowest BCUT2D eigenvalue weighted by Crippen LogP contribution is -2.43. The fourth-order valence-corrected chi connectivity index (χ4v) is 3.10. The van der Waals surface area contributed by atoms with Crippen LogP contribution < -0.4 is 0 Å². The molecule has 2 heterocycles. The zero-order chi connectivity index (χ0) is 14.9. The Morgan fingerprint density at radius 3 is 2.67 bits per heavy atom. The Kier molecular flexibility index (Phi) is 4.02. The van der Waals surface area contributed by atoms with Gasteiger partial charge in [0.05, 0.1) is 19.8 Å². The maximum atomic E-state index is 6.05. The van der Waals surface area contributed by atoms with Crippen molar-refractivity contribution in [2.45, 2.75) is 38.3 Å². The Morgan fingerprint density at radius 1 is 1.29 bits per heavy atom. The second kappa shape index (κ2) is 5.79. The van der Waals surface area contributed by atoms with E-state index in [9.17, 15) is 0 Å². The second-order valence-electron chi connectivity index (χ2n) is 6.04. The minimum atomic E-state index is -0.509. The lowest BCUT2D eigenvalue weighted by molar-refractivity contribution is -0.145. The van der Waals surface area contributed by atoms with Crippen molar-refractivity contribution >= 4 is 0 Å². The summed E-state index contributed by atoms with van der Waals surface area (Å²) in [6.45, 7) is 6.28. The van der Waals surface area contributed by atoms with Gasteiger partial charge in [0.25, 0.3) is 0 Å². The molecule has 0 bridgehead atoms. The molecule has 2 aliphatic rings. The molecule has 0 saturated carbocycles. The van der Waals surface area contributed by atoms with Crippen molar-refractivity contribution in [3.63, 3.8) is 0 Å². The number of ether oxygens (including phenoxy) is 3. The van der Waals surface area contributed by atoms with Crippen LogP contribution in [0.4, 0.5) is 0 Å². The molecule has 2 atom stereocenters. The first-order valence-corrected chi connectivity index (χ1v) is 7.43. The summed E-state index contributed by atoms with van der Waals surface area (Å²) in [6.07, 6.45) is 2.15. The number of rotatable bonds is 4. The SMILES string of the molecule is COC1=CCN(Cc2ccccc2)[C@@H]1[C@@H]1COC(C)(C)O1. The van der Waals surface area contributed by atoms with Gasteiger partial charge in [-0.05, 0) is 25.5 Å². The van der Waals surface area contributed by atoms with Crippen molar-refractivity contribution in [1.29, 1.82) is 0 Å². The Hall–Kier alpha value is -1.36. The molecule has 0 aliphatic carbocycles. The van der Waals surface area contributed by atoms with E-state index in [1.165, 1.54) is 5.56 Å². The molecule has 0 spiro atoms. The Balaban J connectivity index is 1.75. The van der Waals surface area contributed by atoms with Crippen molar-refractivity contribution in [2.75, 3.05) is 20.3 Å². The van der Waals surface area contributed by atoms with E-state index < -0.39 is 5.79 Å². The molecule has 21 heavy (non-hydrogen) atoms. The highest BCUT2D eigenvalue weighted by molar-refractivity contribution is 5.20. The van der Waals surface area contributed by atoms with Crippen LogP contribution in [0, 0.1) is 0 Å². The Bertz CT molecular complexity index is 512. The molecule has 4 heteroatoms. The van der Waals surface area contributed by atoms with Gasteiger partial charge in [0.1, 0.15) is 11.9 Å². The highest BCUT2D eigenvalue weighted by atomic mass is 16.7. The monoisotopic (exact) mass is 289 g/mol. The molecule has 2 aliphatic heterocycles. The smallest absolute Gasteiger partial charge is 0.163 e. The van der Waals surface area contributed by atoms with E-state index in [-0.39, 0.29) is 12.1 Å². The quantitative estimate of drug-likeness (QED) is 0.852. The molecule has 3 rings (SSSR count). The van der Waals surface area contributed by atoms with E-state index in [0.717, 1.165) is 18.8 Å². The molecule has 4 nitrogen and oxygen atoms in total. The van der Waals surface area contributed by atoms with Crippen LogP contribution in [0.2, 0.25) is 0 Å². The second-order valence-corrected chi connectivity index (χ2v) is 6.04. The third kappa shape index (κ3) is 3.12. The van der Waals surface area contributed by atoms with Gasteiger partial charge in [-0.25, -0.2) is 0 Å². The largest absolute Gasteiger partial charge is 0.500 e. The molecule has 0 N–H and O–H groups in total. The number of methoxy groups -OCH3 is 1. The van der Waals surface area contributed by atoms with Gasteiger partial charge < -0.3 is 14.2 Å². The summed E-state index contributed by atoms with van der Waals surface area (Å²) in [5.41, 5.74) is 1.30. The van der Waals surface area contributed by atoms with Crippen LogP contribution in [-0.4, -0.2) is 43.1 Å². The molecule has 0 aromatic heterocycles. The number of nitrogens with zero attached hydrogens (tertiary/aromatic N) is 1. The topological polar surface area (TPSA) is 30.9 Å². The average molecular weight is 289 g/mol. The van der Waals surface area contributed by atoms with E-state index in [0.29, 0.717) is 6.61 Å². The summed E-state index contributed by atoms with van der Waals surface area (Å²) in [6, 6.07) is 10.6. The van der Waals surface area contributed by atoms with Crippen LogP contribution in [0.3, 0.4) is 0 Å². The first-order chi connectivity index (χ1) is 10.1. The molecular formula is C17H23NO3. The van der Waals surface area contributed by atoms with Crippen LogP contribution in [0.15, 0.2) is 42.2 Å². The maximum Gasteiger partial charge on any atom is 0.163 e. The van der Waals surface area contributed by atoms with Gasteiger partial charge in [-0.3, -0.25) is 4.90 Å². The summed E-state index contributed by atoms with van der Waals surface area (Å²) >= 11 is 0. The van der Waals surface area contributed by atoms with E-state index in [1.54, 1.807) is 7.11 Å². The summed E-state index contributed by atoms with van der Waals surface area (Å²) in [5, 5.41) is 0. The lowest BCUT2D eigenvalue weighted by atomic mass is 10.1. The standard InChI is InChI=1S/C17H23NO3/c1-17(2)20-12-15(21-17)16-14(19-3)9-10-18(16)11-13-7-5-4-6-8-13/h4-9,15-16H,10-12H2,1-3H3/t15-,16-/m0/s1. The highest BCUT2D eigenvalue weighted by Crippen LogP contribution is 2.32. The van der Waals surface area contributed by atoms with Crippen LogP contribution in [0.25, 0.3) is 0 Å². The molecule has 114 valence electrons. The molecule has 0 radical (unpaired) electrons. The zero-order valence-corrected chi connectivity index (χ0v) is 12.9. The third-order valence-electron chi connectivity index (χ3n) is 4.06. The van der Waals surface area contributed by atoms with Crippen molar-refractivity contribution in [2.24, 2.45) is 0 Å². The average Bonchev–Trinajstić information content (AvgIpc) is 3.02. The predicted molar refractivity (Wildman–Crippen MR) is 80.6 cm³/mol. The van der Waals surface area contributed by atoms with Crippen LogP contribution in [0.5, 0.6) is 0 Å². The minimum Gasteiger partial charge on any atom is -0.500 e. The van der Waals surface area contributed by atoms with Gasteiger partial charge in [0.15, 0.2) is 5.79 Å². The van der Waals surface area contributed by atoms with Crippen molar-refractivity contribution in [3.8, 4) is 0 Å². The van der Waals surface area contributed by atoms with Gasteiger partial charge in [-0.15, -0.1) is 0 Å². The van der Waals surface area contributed by atoms with Crippen molar-refractivity contribution < 1.29 is 14.2 Å². The number of benzene rings is 1. The first-order valence-electron chi connectivity index (χ1n) is 7.43. The molecule has 0 amide bonds. The zero-order valence-electron chi connectivity index (χ0n) is 12.9. The van der Waals surface area contributed by atoms with Gasteiger partial charge in [0.2, 0.25) is 0 Å². The fourth-order valence-electron chi connectivity index (χ4n) is 3.10.